The molecule has 0 aromatic heterocycles. The van der Waals surface area contributed by atoms with Gasteiger partial charge in [0, 0.05) is 31.1 Å². The number of benzene rings is 3. The van der Waals surface area contributed by atoms with Gasteiger partial charge >= 0.3 is 5.97 Å². The topological polar surface area (TPSA) is 76.2 Å². The molecule has 4 atom stereocenters. The summed E-state index contributed by atoms with van der Waals surface area (Å²) in [6.45, 7) is 3.58. The monoisotopic (exact) mass is 634 g/mol. The Hall–Kier alpha value is -3.97. The summed E-state index contributed by atoms with van der Waals surface area (Å²) in [5.74, 6) is -0.423. The van der Waals surface area contributed by atoms with Crippen LogP contribution in [0.2, 0.25) is 0 Å². The number of piperidine rings is 2. The minimum absolute atomic E-state index is 0.0272. The van der Waals surface area contributed by atoms with E-state index in [-0.39, 0.29) is 30.8 Å². The average molecular weight is 635 g/mol. The zero-order chi connectivity index (χ0) is 32.5. The minimum atomic E-state index is -1.19. The Morgan fingerprint density at radius 1 is 0.915 bits per heavy atom. The zero-order valence-corrected chi connectivity index (χ0v) is 27.6. The molecule has 0 radical (unpaired) electrons. The molecule has 1 aliphatic carbocycles. The summed E-state index contributed by atoms with van der Waals surface area (Å²) in [5, 5.41) is 2.16. The van der Waals surface area contributed by atoms with Gasteiger partial charge in [-0.1, -0.05) is 85.6 Å². The van der Waals surface area contributed by atoms with Crippen LogP contribution < -0.4 is 0 Å². The largest absolute Gasteiger partial charge is 0.468 e. The summed E-state index contributed by atoms with van der Waals surface area (Å²) in [6, 6.07) is 24.8. The van der Waals surface area contributed by atoms with Gasteiger partial charge in [-0.2, -0.15) is 0 Å². The van der Waals surface area contributed by atoms with E-state index in [1.807, 2.05) is 41.0 Å². The fourth-order valence-electron chi connectivity index (χ4n) is 8.84. The highest BCUT2D eigenvalue weighted by molar-refractivity contribution is 5.93. The Labute approximate surface area is 277 Å². The molecule has 0 bridgehead atoms. The molecule has 4 aliphatic rings. The first-order valence-corrected chi connectivity index (χ1v) is 17.5. The predicted octanol–water partition coefficient (Wildman–Crippen LogP) is 7.01. The number of methoxy groups -OCH3 is 1. The Bertz CT molecular complexity index is 1650. The number of hydrogen-bond donors (Lipinski definition) is 0. The van der Waals surface area contributed by atoms with Crippen LogP contribution in [0.3, 0.4) is 0 Å². The predicted molar refractivity (Wildman–Crippen MR) is 181 cm³/mol. The van der Waals surface area contributed by atoms with Crippen molar-refractivity contribution >= 4 is 28.6 Å². The molecule has 7 nitrogen and oxygen atoms in total. The van der Waals surface area contributed by atoms with Crippen LogP contribution in [0.5, 0.6) is 0 Å². The van der Waals surface area contributed by atoms with Gasteiger partial charge in [-0.25, -0.2) is 0 Å². The number of ether oxygens (including phenoxy) is 2. The number of esters is 1. The molecule has 1 saturated carbocycles. The molecular formula is C40H46N2O5. The molecule has 47 heavy (non-hydrogen) atoms. The Kier molecular flexibility index (Phi) is 8.93. The van der Waals surface area contributed by atoms with Crippen LogP contribution >= 0.6 is 0 Å². The van der Waals surface area contributed by atoms with Gasteiger partial charge in [0.25, 0.3) is 0 Å². The average Bonchev–Trinajstić information content (AvgIpc) is 3.66. The normalized spacial score (nSPS) is 27.1. The fourth-order valence-corrected chi connectivity index (χ4v) is 8.84. The number of carbonyl (C=O) groups excluding carboxylic acids is 3. The van der Waals surface area contributed by atoms with Crippen LogP contribution in [0, 0.1) is 17.3 Å². The quantitative estimate of drug-likeness (QED) is 0.262. The van der Waals surface area contributed by atoms with Crippen LogP contribution in [0.1, 0.15) is 75.3 Å². The first-order valence-electron chi connectivity index (χ1n) is 17.5. The van der Waals surface area contributed by atoms with Gasteiger partial charge in [-0.3, -0.25) is 14.4 Å². The van der Waals surface area contributed by atoms with Gasteiger partial charge in [-0.05, 0) is 78.8 Å². The molecule has 0 unspecified atom stereocenters. The van der Waals surface area contributed by atoms with E-state index in [2.05, 4.69) is 54.6 Å². The molecule has 0 N–H and O–H groups in total. The lowest BCUT2D eigenvalue weighted by molar-refractivity contribution is -0.178. The summed E-state index contributed by atoms with van der Waals surface area (Å²) in [4.78, 5) is 46.3. The van der Waals surface area contributed by atoms with Crippen molar-refractivity contribution < 1.29 is 23.9 Å². The van der Waals surface area contributed by atoms with Crippen LogP contribution in [-0.4, -0.2) is 60.0 Å². The van der Waals surface area contributed by atoms with Crippen LogP contribution in [0.15, 0.2) is 84.6 Å². The Morgan fingerprint density at radius 2 is 1.62 bits per heavy atom. The van der Waals surface area contributed by atoms with Crippen molar-refractivity contribution in [3.8, 4) is 0 Å². The van der Waals surface area contributed by atoms with Crippen LogP contribution in [-0.2, 0) is 30.4 Å². The van der Waals surface area contributed by atoms with E-state index in [1.54, 1.807) is 0 Å². The van der Waals surface area contributed by atoms with E-state index in [1.165, 1.54) is 12.7 Å². The van der Waals surface area contributed by atoms with Crippen molar-refractivity contribution in [2.24, 2.45) is 17.3 Å². The molecule has 3 aromatic rings. The van der Waals surface area contributed by atoms with Crippen molar-refractivity contribution in [1.29, 1.82) is 0 Å². The van der Waals surface area contributed by atoms with Crippen molar-refractivity contribution in [1.82, 2.24) is 9.80 Å². The molecule has 7 heteroatoms. The third-order valence-corrected chi connectivity index (χ3v) is 11.5. The van der Waals surface area contributed by atoms with Gasteiger partial charge in [-0.15, -0.1) is 0 Å². The van der Waals surface area contributed by atoms with Gasteiger partial charge in [0.2, 0.25) is 11.8 Å². The van der Waals surface area contributed by atoms with Gasteiger partial charge in [0.1, 0.15) is 5.41 Å². The summed E-state index contributed by atoms with van der Waals surface area (Å²) in [7, 11) is 1.41. The first-order chi connectivity index (χ1) is 22.9. The summed E-state index contributed by atoms with van der Waals surface area (Å²) in [6.07, 6.45) is 7.89. The Morgan fingerprint density at radius 3 is 2.36 bits per heavy atom. The number of rotatable bonds is 7. The van der Waals surface area contributed by atoms with Gasteiger partial charge in [0.15, 0.2) is 0 Å². The standard InChI is InChI=1S/C40H46N2O5/c1-27-40(39(45)46-2)25-33(23-37(43)41-21-19-29(20-22-41)28-11-4-3-5-12-28)38(44)42(36(40)24-35(47-27)31-14-6-7-15-31)26-32-17-10-16-30-13-8-9-18-34(30)32/h3-5,8-13,16-18,24,27,29,31,33,35H,6-7,14-15,19-23,25-26H2,1-2H3/t27-,33+,35-,40+/m1/s1. The second-order valence-corrected chi connectivity index (χ2v) is 14.0. The molecule has 0 spiro atoms. The molecule has 7 rings (SSSR count). The number of fused-ring (bicyclic) bond motifs is 2. The number of likely N-dealkylation sites (tertiary alicyclic amines) is 2. The lowest BCUT2D eigenvalue weighted by Gasteiger charge is -2.52. The SMILES string of the molecule is COC(=O)[C@]12C[C@H](CC(=O)N3CCC(c4ccccc4)CC3)C(=O)N(Cc3cccc4ccccc34)C1=C[C@H](C1CCCC1)O[C@@H]2C. The molecule has 246 valence electrons. The van der Waals surface area contributed by atoms with Crippen LogP contribution in [0.4, 0.5) is 0 Å². The summed E-state index contributed by atoms with van der Waals surface area (Å²) >= 11 is 0. The maximum absolute atomic E-state index is 14.7. The minimum Gasteiger partial charge on any atom is -0.468 e. The maximum atomic E-state index is 14.7. The van der Waals surface area contributed by atoms with E-state index in [0.717, 1.165) is 54.9 Å². The molecule has 3 aromatic carbocycles. The number of amides is 2. The van der Waals surface area contributed by atoms with Crippen LogP contribution in [0.25, 0.3) is 10.8 Å². The highest BCUT2D eigenvalue weighted by Gasteiger charge is 2.60. The number of hydrogen-bond acceptors (Lipinski definition) is 5. The third kappa shape index (κ3) is 5.88. The molecule has 3 aliphatic heterocycles. The highest BCUT2D eigenvalue weighted by atomic mass is 16.5. The fraction of sp³-hybridized carbons (Fsp3) is 0.475. The van der Waals surface area contributed by atoms with E-state index in [4.69, 9.17) is 9.47 Å². The van der Waals surface area contributed by atoms with E-state index < -0.39 is 23.4 Å². The Balaban J connectivity index is 1.21. The third-order valence-electron chi connectivity index (χ3n) is 11.5. The van der Waals surface area contributed by atoms with Crippen molar-refractivity contribution in [2.45, 2.75) is 83.0 Å². The maximum Gasteiger partial charge on any atom is 0.320 e. The summed E-state index contributed by atoms with van der Waals surface area (Å²) < 4.78 is 12.2. The number of nitrogens with zero attached hydrogens (tertiary/aromatic N) is 2. The highest BCUT2D eigenvalue weighted by Crippen LogP contribution is 2.52. The second kappa shape index (κ2) is 13.3. The van der Waals surface area contributed by atoms with E-state index >= 15 is 0 Å². The lowest BCUT2D eigenvalue weighted by Crippen LogP contribution is -2.60. The van der Waals surface area contributed by atoms with Crippen molar-refractivity contribution in [3.05, 3.63) is 95.7 Å². The molecule has 2 amide bonds. The molecular weight excluding hydrogens is 588 g/mol. The van der Waals surface area contributed by atoms with Crippen molar-refractivity contribution in [3.63, 3.8) is 0 Å². The van der Waals surface area contributed by atoms with E-state index in [0.29, 0.717) is 37.2 Å². The molecule has 3 heterocycles. The number of carbonyl (C=O) groups is 3. The molecule has 2 saturated heterocycles. The first kappa shape index (κ1) is 31.6. The summed E-state index contributed by atoms with van der Waals surface area (Å²) in [5.41, 5.74) is 1.81. The van der Waals surface area contributed by atoms with E-state index in [9.17, 15) is 14.4 Å². The second-order valence-electron chi connectivity index (χ2n) is 14.0. The van der Waals surface area contributed by atoms with Gasteiger partial charge < -0.3 is 19.3 Å². The van der Waals surface area contributed by atoms with Gasteiger partial charge in [0.05, 0.1) is 25.9 Å². The zero-order valence-electron chi connectivity index (χ0n) is 27.6. The lowest BCUT2D eigenvalue weighted by atomic mass is 9.66. The molecule has 3 fully saturated rings. The smallest absolute Gasteiger partial charge is 0.320 e. The van der Waals surface area contributed by atoms with Crippen molar-refractivity contribution in [2.75, 3.05) is 20.2 Å².